The van der Waals surface area contributed by atoms with Crippen LogP contribution in [0, 0.1) is 0 Å². The van der Waals surface area contributed by atoms with Crippen LogP contribution in [-0.4, -0.2) is 11.9 Å². The molecule has 0 saturated heterocycles. The maximum atomic E-state index is 12.0. The van der Waals surface area contributed by atoms with Gasteiger partial charge in [-0.3, -0.25) is 10.2 Å². The van der Waals surface area contributed by atoms with Crippen LogP contribution in [0.3, 0.4) is 0 Å². The Morgan fingerprint density at radius 1 is 0.958 bits per heavy atom. The van der Waals surface area contributed by atoms with Gasteiger partial charge in [-0.15, -0.1) is 0 Å². The Morgan fingerprint density at radius 3 is 2.21 bits per heavy atom. The Hall–Kier alpha value is -2.53. The summed E-state index contributed by atoms with van der Waals surface area (Å²) in [4.78, 5) is 23.8. The van der Waals surface area contributed by atoms with Gasteiger partial charge in [0, 0.05) is 16.3 Å². The molecule has 0 saturated carbocycles. The highest BCUT2D eigenvalue weighted by Crippen LogP contribution is 2.22. The summed E-state index contributed by atoms with van der Waals surface area (Å²) >= 11 is 5.84. The topological polar surface area (TPSA) is 70.2 Å². The lowest BCUT2D eigenvalue weighted by Gasteiger charge is -2.19. The van der Waals surface area contributed by atoms with Gasteiger partial charge < -0.3 is 5.32 Å². The first kappa shape index (κ1) is 17.8. The molecule has 0 fully saturated rings. The highest BCUT2D eigenvalue weighted by Gasteiger charge is 2.14. The van der Waals surface area contributed by atoms with Crippen LogP contribution >= 0.6 is 11.6 Å². The fourth-order valence-corrected chi connectivity index (χ4v) is 2.23. The molecule has 0 aliphatic heterocycles. The molecule has 126 valence electrons. The summed E-state index contributed by atoms with van der Waals surface area (Å²) in [5.41, 5.74) is 6.80. The van der Waals surface area contributed by atoms with E-state index in [1.165, 1.54) is 0 Å². The van der Waals surface area contributed by atoms with Gasteiger partial charge in [0.2, 0.25) is 0 Å². The molecule has 0 aliphatic carbocycles. The van der Waals surface area contributed by atoms with Crippen molar-refractivity contribution in [1.82, 2.24) is 10.9 Å². The Labute approximate surface area is 146 Å². The number of anilines is 1. The summed E-state index contributed by atoms with van der Waals surface area (Å²) in [7, 11) is 0. The van der Waals surface area contributed by atoms with Crippen LogP contribution in [0.4, 0.5) is 10.5 Å². The second-order valence-corrected chi connectivity index (χ2v) is 6.81. The second-order valence-electron chi connectivity index (χ2n) is 6.37. The highest BCUT2D eigenvalue weighted by molar-refractivity contribution is 6.30. The number of halogens is 1. The van der Waals surface area contributed by atoms with Crippen molar-refractivity contribution in [3.8, 4) is 0 Å². The van der Waals surface area contributed by atoms with Crippen LogP contribution in [0.5, 0.6) is 0 Å². The number of hydrogen-bond donors (Lipinski definition) is 3. The third kappa shape index (κ3) is 4.99. The van der Waals surface area contributed by atoms with Crippen LogP contribution in [0.15, 0.2) is 48.5 Å². The monoisotopic (exact) mass is 345 g/mol. The van der Waals surface area contributed by atoms with E-state index in [1.54, 1.807) is 36.4 Å². The Morgan fingerprint density at radius 2 is 1.62 bits per heavy atom. The van der Waals surface area contributed by atoms with E-state index in [4.69, 9.17) is 11.6 Å². The fourth-order valence-electron chi connectivity index (χ4n) is 2.04. The summed E-state index contributed by atoms with van der Waals surface area (Å²) in [5.74, 6) is -0.392. The lowest BCUT2D eigenvalue weighted by atomic mass is 9.87. The van der Waals surface area contributed by atoms with E-state index in [-0.39, 0.29) is 5.41 Å². The third-order valence-corrected chi connectivity index (χ3v) is 3.62. The highest BCUT2D eigenvalue weighted by atomic mass is 35.5. The molecular weight excluding hydrogens is 326 g/mol. The van der Waals surface area contributed by atoms with E-state index >= 15 is 0 Å². The van der Waals surface area contributed by atoms with Gasteiger partial charge in [-0.1, -0.05) is 50.6 Å². The third-order valence-electron chi connectivity index (χ3n) is 3.39. The lowest BCUT2D eigenvalue weighted by molar-refractivity contribution is 0.0938. The van der Waals surface area contributed by atoms with E-state index in [0.717, 1.165) is 5.56 Å². The Bertz CT molecular complexity index is 737. The van der Waals surface area contributed by atoms with Crippen molar-refractivity contribution in [2.75, 3.05) is 5.32 Å². The van der Waals surface area contributed by atoms with Crippen molar-refractivity contribution in [2.24, 2.45) is 0 Å². The van der Waals surface area contributed by atoms with Crippen molar-refractivity contribution >= 4 is 29.2 Å². The summed E-state index contributed by atoms with van der Waals surface area (Å²) in [6, 6.07) is 13.4. The molecule has 0 radical (unpaired) electrons. The Balaban J connectivity index is 1.89. The van der Waals surface area contributed by atoms with Gasteiger partial charge in [-0.25, -0.2) is 10.2 Å². The van der Waals surface area contributed by atoms with Crippen molar-refractivity contribution in [3.05, 3.63) is 64.7 Å². The number of carbonyl (C=O) groups is 2. The van der Waals surface area contributed by atoms with Crippen LogP contribution in [0.1, 0.15) is 36.7 Å². The number of hydrogen-bond acceptors (Lipinski definition) is 2. The molecule has 3 amide bonds. The van der Waals surface area contributed by atoms with Gasteiger partial charge in [0.15, 0.2) is 0 Å². The van der Waals surface area contributed by atoms with Crippen LogP contribution in [-0.2, 0) is 5.41 Å². The van der Waals surface area contributed by atoms with Crippen molar-refractivity contribution < 1.29 is 9.59 Å². The first-order valence-corrected chi connectivity index (χ1v) is 7.87. The maximum absolute atomic E-state index is 12.0. The maximum Gasteiger partial charge on any atom is 0.337 e. The molecule has 0 heterocycles. The molecule has 0 spiro atoms. The molecule has 0 atom stereocenters. The lowest BCUT2D eigenvalue weighted by Crippen LogP contribution is -2.43. The van der Waals surface area contributed by atoms with Crippen LogP contribution in [0.25, 0.3) is 0 Å². The molecule has 24 heavy (non-hydrogen) atoms. The van der Waals surface area contributed by atoms with Gasteiger partial charge in [0.05, 0.1) is 0 Å². The molecule has 0 aliphatic rings. The predicted octanol–water partition coefficient (Wildman–Crippen LogP) is 4.10. The number of carbonyl (C=O) groups excluding carboxylic acids is 2. The van der Waals surface area contributed by atoms with Gasteiger partial charge in [-0.05, 0) is 41.3 Å². The van der Waals surface area contributed by atoms with Gasteiger partial charge in [-0.2, -0.15) is 0 Å². The first-order valence-electron chi connectivity index (χ1n) is 7.49. The molecule has 3 N–H and O–H groups in total. The number of rotatable bonds is 2. The smallest absolute Gasteiger partial charge is 0.307 e. The number of urea groups is 1. The van der Waals surface area contributed by atoms with Gasteiger partial charge >= 0.3 is 6.03 Å². The zero-order chi connectivity index (χ0) is 17.7. The summed E-state index contributed by atoms with van der Waals surface area (Å²) in [6.45, 7) is 6.30. The van der Waals surface area contributed by atoms with Crippen LogP contribution in [0.2, 0.25) is 5.02 Å². The number of benzene rings is 2. The minimum Gasteiger partial charge on any atom is -0.307 e. The van der Waals surface area contributed by atoms with E-state index in [2.05, 4.69) is 36.9 Å². The average Bonchev–Trinajstić information content (AvgIpc) is 2.52. The predicted molar refractivity (Wildman–Crippen MR) is 96.2 cm³/mol. The zero-order valence-electron chi connectivity index (χ0n) is 13.8. The van der Waals surface area contributed by atoms with E-state index < -0.39 is 11.9 Å². The van der Waals surface area contributed by atoms with Crippen LogP contribution < -0.4 is 16.2 Å². The van der Waals surface area contributed by atoms with Crippen molar-refractivity contribution in [3.63, 3.8) is 0 Å². The SMILES string of the molecule is CC(C)(C)c1ccc(C(=O)NNC(=O)Nc2cccc(Cl)c2)cc1. The molecule has 6 heteroatoms. The standard InChI is InChI=1S/C18H20ClN3O2/c1-18(2,3)13-9-7-12(8-10-13)16(23)21-22-17(24)20-15-6-4-5-14(19)11-15/h4-11H,1-3H3,(H,21,23)(H2,20,22,24). The van der Waals surface area contributed by atoms with E-state index in [9.17, 15) is 9.59 Å². The minimum absolute atomic E-state index is 0.0180. The molecule has 2 rings (SSSR count). The second kappa shape index (κ2) is 7.36. The normalized spacial score (nSPS) is 10.8. The number of hydrazine groups is 1. The van der Waals surface area contributed by atoms with Crippen molar-refractivity contribution in [1.29, 1.82) is 0 Å². The average molecular weight is 346 g/mol. The molecular formula is C18H20ClN3O2. The molecule has 2 aromatic rings. The summed E-state index contributed by atoms with van der Waals surface area (Å²) in [5, 5.41) is 3.08. The van der Waals surface area contributed by atoms with E-state index in [0.29, 0.717) is 16.3 Å². The number of amides is 3. The molecule has 0 aromatic heterocycles. The Kier molecular flexibility index (Phi) is 5.46. The molecule has 5 nitrogen and oxygen atoms in total. The largest absolute Gasteiger partial charge is 0.337 e. The van der Waals surface area contributed by atoms with E-state index in [1.807, 2.05) is 12.1 Å². The molecule has 0 bridgehead atoms. The summed E-state index contributed by atoms with van der Waals surface area (Å²) in [6.07, 6.45) is 0. The van der Waals surface area contributed by atoms with Gasteiger partial charge in [0.25, 0.3) is 5.91 Å². The number of nitrogens with one attached hydrogen (secondary N) is 3. The van der Waals surface area contributed by atoms with Crippen molar-refractivity contribution in [2.45, 2.75) is 26.2 Å². The summed E-state index contributed by atoms with van der Waals surface area (Å²) < 4.78 is 0. The fraction of sp³-hybridized carbons (Fsp3) is 0.222. The first-order chi connectivity index (χ1) is 11.3. The quantitative estimate of drug-likeness (QED) is 0.717. The minimum atomic E-state index is -0.558. The molecule has 0 unspecified atom stereocenters. The zero-order valence-corrected chi connectivity index (χ0v) is 14.6. The van der Waals surface area contributed by atoms with Gasteiger partial charge in [0.1, 0.15) is 0 Å². The molecule has 2 aromatic carbocycles.